The third kappa shape index (κ3) is 5.35. The SMILES string of the molecule is COc1ccc(CCN(C)CCCC2(c3ccc4ccccc4c3)S(=O)(=O)CCCS2(=O)=O)cc1OC. The summed E-state index contributed by atoms with van der Waals surface area (Å²) < 4.78 is 62.9. The monoisotopic (exact) mass is 545 g/mol. The minimum atomic E-state index is -3.91. The van der Waals surface area contributed by atoms with Crippen LogP contribution in [0.25, 0.3) is 10.8 Å². The normalized spacial score (nSPS) is 18.1. The first-order valence-corrected chi connectivity index (χ1v) is 15.8. The second kappa shape index (κ2) is 11.0. The number of methoxy groups -OCH3 is 2. The summed E-state index contributed by atoms with van der Waals surface area (Å²) in [5.41, 5.74) is 1.45. The molecule has 0 saturated carbocycles. The molecule has 0 unspecified atom stereocenters. The first-order chi connectivity index (χ1) is 17.6. The molecule has 1 heterocycles. The maximum Gasteiger partial charge on any atom is 0.198 e. The van der Waals surface area contributed by atoms with Crippen LogP contribution in [0.1, 0.15) is 30.4 Å². The van der Waals surface area contributed by atoms with Gasteiger partial charge in [0, 0.05) is 6.54 Å². The van der Waals surface area contributed by atoms with Crippen molar-refractivity contribution in [1.29, 1.82) is 0 Å². The van der Waals surface area contributed by atoms with Crippen LogP contribution in [0, 0.1) is 0 Å². The second-order valence-electron chi connectivity index (χ2n) is 9.65. The van der Waals surface area contributed by atoms with E-state index in [1.165, 1.54) is 0 Å². The van der Waals surface area contributed by atoms with E-state index in [1.807, 2.05) is 55.6 Å². The van der Waals surface area contributed by atoms with Crippen molar-refractivity contribution in [2.75, 3.05) is 45.9 Å². The lowest BCUT2D eigenvalue weighted by molar-refractivity contribution is 0.325. The lowest BCUT2D eigenvalue weighted by Crippen LogP contribution is -2.50. The van der Waals surface area contributed by atoms with Gasteiger partial charge >= 0.3 is 0 Å². The smallest absolute Gasteiger partial charge is 0.198 e. The Bertz CT molecular complexity index is 1430. The molecule has 3 aromatic carbocycles. The van der Waals surface area contributed by atoms with E-state index in [-0.39, 0.29) is 24.3 Å². The number of likely N-dealkylation sites (N-methyl/N-ethyl adjacent to an activating group) is 1. The van der Waals surface area contributed by atoms with E-state index in [0.717, 1.165) is 29.3 Å². The predicted octanol–water partition coefficient (Wildman–Crippen LogP) is 4.20. The molecule has 9 heteroatoms. The van der Waals surface area contributed by atoms with Crippen LogP contribution in [-0.2, 0) is 30.2 Å². The Balaban J connectivity index is 1.53. The number of fused-ring (bicyclic) bond motifs is 1. The van der Waals surface area contributed by atoms with Gasteiger partial charge in [0.1, 0.15) is 0 Å². The first-order valence-electron chi connectivity index (χ1n) is 12.5. The highest BCUT2D eigenvalue weighted by molar-refractivity contribution is 8.10. The zero-order chi connectivity index (χ0) is 26.7. The van der Waals surface area contributed by atoms with Crippen LogP contribution in [0.5, 0.6) is 11.5 Å². The number of sulfone groups is 2. The lowest BCUT2D eigenvalue weighted by atomic mass is 10.0. The number of hydrogen-bond acceptors (Lipinski definition) is 7. The molecule has 0 radical (unpaired) electrons. The summed E-state index contributed by atoms with van der Waals surface area (Å²) in [6, 6.07) is 18.7. The molecule has 200 valence electrons. The summed E-state index contributed by atoms with van der Waals surface area (Å²) in [6.45, 7) is 1.31. The maximum absolute atomic E-state index is 13.5. The van der Waals surface area contributed by atoms with Gasteiger partial charge in [0.25, 0.3) is 0 Å². The second-order valence-corrected chi connectivity index (χ2v) is 14.6. The van der Waals surface area contributed by atoms with Crippen LogP contribution in [0.2, 0.25) is 0 Å². The number of nitrogens with zero attached hydrogens (tertiary/aromatic N) is 1. The highest BCUT2D eigenvalue weighted by Crippen LogP contribution is 2.45. The molecular weight excluding hydrogens is 510 g/mol. The van der Waals surface area contributed by atoms with Crippen LogP contribution in [0.15, 0.2) is 60.7 Å². The first kappa shape index (κ1) is 27.4. The standard InChI is InChI=1S/C28H35NO6S2/c1-29(17-14-22-10-13-26(34-2)27(20-22)35-3)16-6-15-28(36(30,31)18-7-19-37(28,32)33)25-12-11-23-8-4-5-9-24(23)21-25/h4-5,8-13,20-21H,6-7,14-19H2,1-3H3. The van der Waals surface area contributed by atoms with E-state index in [9.17, 15) is 16.8 Å². The molecule has 7 nitrogen and oxygen atoms in total. The Labute approximate surface area is 220 Å². The highest BCUT2D eigenvalue weighted by Gasteiger charge is 2.57. The summed E-state index contributed by atoms with van der Waals surface area (Å²) >= 11 is 0. The molecule has 0 amide bonds. The maximum atomic E-state index is 13.5. The predicted molar refractivity (Wildman–Crippen MR) is 148 cm³/mol. The van der Waals surface area contributed by atoms with Gasteiger partial charge in [-0.1, -0.05) is 42.5 Å². The van der Waals surface area contributed by atoms with Crippen LogP contribution < -0.4 is 9.47 Å². The van der Waals surface area contributed by atoms with Crippen molar-refractivity contribution in [3.8, 4) is 11.5 Å². The minimum absolute atomic E-state index is 0.0384. The van der Waals surface area contributed by atoms with Crippen molar-refractivity contribution in [3.05, 3.63) is 71.8 Å². The van der Waals surface area contributed by atoms with Gasteiger partial charge < -0.3 is 14.4 Å². The van der Waals surface area contributed by atoms with Crippen molar-refractivity contribution in [2.24, 2.45) is 0 Å². The van der Waals surface area contributed by atoms with Gasteiger partial charge in [-0.05, 0) is 79.4 Å². The molecule has 4 rings (SSSR count). The van der Waals surface area contributed by atoms with Crippen LogP contribution in [0.4, 0.5) is 0 Å². The summed E-state index contributed by atoms with van der Waals surface area (Å²) in [4.78, 5) is 2.10. The number of ether oxygens (including phenoxy) is 2. The average molecular weight is 546 g/mol. The van der Waals surface area contributed by atoms with Gasteiger partial charge in [-0.15, -0.1) is 0 Å². The molecule has 37 heavy (non-hydrogen) atoms. The molecule has 0 N–H and O–H groups in total. The molecule has 0 aliphatic carbocycles. The quantitative estimate of drug-likeness (QED) is 0.377. The highest BCUT2D eigenvalue weighted by atomic mass is 32.3. The van der Waals surface area contributed by atoms with Gasteiger partial charge in [0.05, 0.1) is 25.7 Å². The topological polar surface area (TPSA) is 90.0 Å². The van der Waals surface area contributed by atoms with Crippen LogP contribution in [-0.4, -0.2) is 67.6 Å². The number of benzene rings is 3. The minimum Gasteiger partial charge on any atom is -0.493 e. The van der Waals surface area contributed by atoms with E-state index in [2.05, 4.69) is 4.90 Å². The third-order valence-corrected chi connectivity index (χ3v) is 13.4. The fourth-order valence-electron chi connectivity index (χ4n) is 5.25. The Morgan fingerprint density at radius 1 is 0.811 bits per heavy atom. The summed E-state index contributed by atoms with van der Waals surface area (Å²) in [5, 5.41) is 1.78. The van der Waals surface area contributed by atoms with E-state index in [0.29, 0.717) is 30.0 Å². The van der Waals surface area contributed by atoms with Crippen LogP contribution >= 0.6 is 0 Å². The van der Waals surface area contributed by atoms with Crippen molar-refractivity contribution < 1.29 is 26.3 Å². The number of rotatable bonds is 10. The Hall–Kier alpha value is -2.62. The molecule has 0 atom stereocenters. The van der Waals surface area contributed by atoms with E-state index in [1.54, 1.807) is 26.4 Å². The Morgan fingerprint density at radius 2 is 1.49 bits per heavy atom. The van der Waals surface area contributed by atoms with Crippen LogP contribution in [0.3, 0.4) is 0 Å². The van der Waals surface area contributed by atoms with Crippen molar-refractivity contribution in [1.82, 2.24) is 4.90 Å². The largest absolute Gasteiger partial charge is 0.493 e. The van der Waals surface area contributed by atoms with Gasteiger partial charge in [-0.3, -0.25) is 0 Å². The van der Waals surface area contributed by atoms with Gasteiger partial charge in [0.15, 0.2) is 35.3 Å². The fraction of sp³-hybridized carbons (Fsp3) is 0.429. The zero-order valence-electron chi connectivity index (χ0n) is 21.6. The van der Waals surface area contributed by atoms with Gasteiger partial charge in [-0.2, -0.15) is 0 Å². The number of hydrogen-bond donors (Lipinski definition) is 0. The van der Waals surface area contributed by atoms with E-state index >= 15 is 0 Å². The van der Waals surface area contributed by atoms with Crippen molar-refractivity contribution in [2.45, 2.75) is 29.8 Å². The molecule has 1 saturated heterocycles. The summed E-state index contributed by atoms with van der Waals surface area (Å²) in [6.07, 6.45) is 1.39. The molecule has 0 spiro atoms. The Morgan fingerprint density at radius 3 is 2.16 bits per heavy atom. The molecule has 0 aromatic heterocycles. The summed E-state index contributed by atoms with van der Waals surface area (Å²) in [7, 11) is -2.66. The zero-order valence-corrected chi connectivity index (χ0v) is 23.3. The fourth-order valence-corrected chi connectivity index (χ4v) is 11.1. The third-order valence-electron chi connectivity index (χ3n) is 7.30. The summed E-state index contributed by atoms with van der Waals surface area (Å²) in [5.74, 6) is 1.11. The molecule has 3 aromatic rings. The van der Waals surface area contributed by atoms with E-state index < -0.39 is 23.8 Å². The molecule has 1 fully saturated rings. The average Bonchev–Trinajstić information content (AvgIpc) is 2.88. The Kier molecular flexibility index (Phi) is 8.16. The molecular formula is C28H35NO6S2. The van der Waals surface area contributed by atoms with Crippen molar-refractivity contribution >= 4 is 30.4 Å². The lowest BCUT2D eigenvalue weighted by Gasteiger charge is -2.37. The van der Waals surface area contributed by atoms with E-state index in [4.69, 9.17) is 9.47 Å². The molecule has 1 aliphatic rings. The molecule has 1 aliphatic heterocycles. The van der Waals surface area contributed by atoms with Gasteiger partial charge in [-0.25, -0.2) is 16.8 Å². The van der Waals surface area contributed by atoms with Gasteiger partial charge in [0.2, 0.25) is 0 Å². The van der Waals surface area contributed by atoms with Crippen molar-refractivity contribution in [3.63, 3.8) is 0 Å². The molecule has 0 bridgehead atoms.